The molecule has 3 N–H and O–H groups in total. The second-order valence-corrected chi connectivity index (χ2v) is 5.99. The van der Waals surface area contributed by atoms with E-state index in [9.17, 15) is 4.79 Å². The Labute approximate surface area is 141 Å². The van der Waals surface area contributed by atoms with Crippen LogP contribution in [0.2, 0.25) is 0 Å². The maximum atomic E-state index is 12.1. The van der Waals surface area contributed by atoms with Crippen molar-refractivity contribution in [3.8, 4) is 0 Å². The molecule has 0 unspecified atom stereocenters. The van der Waals surface area contributed by atoms with Crippen molar-refractivity contribution < 1.29 is 4.79 Å². The number of anilines is 1. The van der Waals surface area contributed by atoms with E-state index in [2.05, 4.69) is 33.0 Å². The SMILES string of the molecule is CCCNc1ccc(CNC(=O)N[C@H]2CCCn3ncnc32)cc1. The van der Waals surface area contributed by atoms with Crippen molar-refractivity contribution in [3.63, 3.8) is 0 Å². The molecule has 1 aromatic heterocycles. The van der Waals surface area contributed by atoms with Gasteiger partial charge in [-0.2, -0.15) is 5.10 Å². The number of amides is 2. The summed E-state index contributed by atoms with van der Waals surface area (Å²) in [7, 11) is 0. The normalized spacial score (nSPS) is 16.3. The molecule has 0 spiro atoms. The van der Waals surface area contributed by atoms with Crippen LogP contribution in [-0.2, 0) is 13.1 Å². The zero-order valence-electron chi connectivity index (χ0n) is 14.0. The van der Waals surface area contributed by atoms with Crippen LogP contribution in [0.1, 0.15) is 43.6 Å². The van der Waals surface area contributed by atoms with Crippen LogP contribution in [0.3, 0.4) is 0 Å². The summed E-state index contributed by atoms with van der Waals surface area (Å²) in [5.41, 5.74) is 2.17. The predicted octanol–water partition coefficient (Wildman–Crippen LogP) is 2.43. The quantitative estimate of drug-likeness (QED) is 0.760. The van der Waals surface area contributed by atoms with Gasteiger partial charge in [0.15, 0.2) is 0 Å². The summed E-state index contributed by atoms with van der Waals surface area (Å²) >= 11 is 0. The number of hydrogen-bond donors (Lipinski definition) is 3. The molecule has 0 bridgehead atoms. The average molecular weight is 328 g/mol. The zero-order chi connectivity index (χ0) is 16.8. The Bertz CT molecular complexity index is 666. The van der Waals surface area contributed by atoms with Crippen LogP contribution in [-0.4, -0.2) is 27.3 Å². The molecule has 24 heavy (non-hydrogen) atoms. The molecule has 1 aliphatic heterocycles. The fraction of sp³-hybridized carbons (Fsp3) is 0.471. The third-order valence-electron chi connectivity index (χ3n) is 4.11. The Hall–Kier alpha value is -2.57. The molecule has 0 fully saturated rings. The number of hydrogen-bond acceptors (Lipinski definition) is 4. The van der Waals surface area contributed by atoms with Crippen molar-refractivity contribution in [1.29, 1.82) is 0 Å². The number of urea groups is 1. The van der Waals surface area contributed by atoms with Crippen LogP contribution >= 0.6 is 0 Å². The lowest BCUT2D eigenvalue weighted by Gasteiger charge is -2.23. The summed E-state index contributed by atoms with van der Waals surface area (Å²) in [5, 5.41) is 13.4. The number of carbonyl (C=O) groups excluding carboxylic acids is 1. The Morgan fingerprint density at radius 2 is 2.17 bits per heavy atom. The molecular weight excluding hydrogens is 304 g/mol. The molecule has 3 rings (SSSR count). The van der Waals surface area contributed by atoms with Gasteiger partial charge in [-0.1, -0.05) is 19.1 Å². The van der Waals surface area contributed by atoms with Gasteiger partial charge in [-0.3, -0.25) is 0 Å². The summed E-state index contributed by atoms with van der Waals surface area (Å²) in [4.78, 5) is 16.4. The Balaban J connectivity index is 1.48. The highest BCUT2D eigenvalue weighted by atomic mass is 16.2. The van der Waals surface area contributed by atoms with Gasteiger partial charge in [-0.15, -0.1) is 0 Å². The first-order valence-corrected chi connectivity index (χ1v) is 8.51. The monoisotopic (exact) mass is 328 g/mol. The summed E-state index contributed by atoms with van der Waals surface area (Å²) in [5.74, 6) is 0.836. The maximum Gasteiger partial charge on any atom is 0.315 e. The molecule has 0 saturated heterocycles. The number of aryl methyl sites for hydroxylation is 1. The molecule has 0 saturated carbocycles. The summed E-state index contributed by atoms with van der Waals surface area (Å²) in [6, 6.07) is 7.87. The van der Waals surface area contributed by atoms with Crippen LogP contribution in [0.5, 0.6) is 0 Å². The smallest absolute Gasteiger partial charge is 0.315 e. The first kappa shape index (κ1) is 16.3. The van der Waals surface area contributed by atoms with Crippen molar-refractivity contribution in [3.05, 3.63) is 42.0 Å². The lowest BCUT2D eigenvalue weighted by Crippen LogP contribution is -2.39. The van der Waals surface area contributed by atoms with Gasteiger partial charge in [-0.25, -0.2) is 14.5 Å². The van der Waals surface area contributed by atoms with Gasteiger partial charge < -0.3 is 16.0 Å². The fourth-order valence-corrected chi connectivity index (χ4v) is 2.83. The number of nitrogens with zero attached hydrogens (tertiary/aromatic N) is 3. The van der Waals surface area contributed by atoms with Crippen molar-refractivity contribution in [1.82, 2.24) is 25.4 Å². The molecule has 2 aromatic rings. The van der Waals surface area contributed by atoms with E-state index in [1.807, 2.05) is 28.9 Å². The molecule has 0 aliphatic carbocycles. The van der Waals surface area contributed by atoms with E-state index in [-0.39, 0.29) is 12.1 Å². The van der Waals surface area contributed by atoms with Crippen LogP contribution < -0.4 is 16.0 Å². The van der Waals surface area contributed by atoms with Crippen LogP contribution in [0.25, 0.3) is 0 Å². The Kier molecular flexibility index (Phi) is 5.30. The molecule has 2 heterocycles. The van der Waals surface area contributed by atoms with Gasteiger partial charge in [0.1, 0.15) is 12.2 Å². The average Bonchev–Trinajstić information content (AvgIpc) is 3.09. The second-order valence-electron chi connectivity index (χ2n) is 5.99. The maximum absolute atomic E-state index is 12.1. The molecule has 7 nitrogen and oxygen atoms in total. The summed E-state index contributed by atoms with van der Waals surface area (Å²) < 4.78 is 1.86. The lowest BCUT2D eigenvalue weighted by molar-refractivity contribution is 0.232. The molecule has 1 aromatic carbocycles. The highest BCUT2D eigenvalue weighted by Crippen LogP contribution is 2.21. The second kappa shape index (κ2) is 7.81. The fourth-order valence-electron chi connectivity index (χ4n) is 2.83. The van der Waals surface area contributed by atoms with Gasteiger partial charge >= 0.3 is 6.03 Å². The predicted molar refractivity (Wildman–Crippen MR) is 92.6 cm³/mol. The van der Waals surface area contributed by atoms with E-state index in [4.69, 9.17) is 0 Å². The van der Waals surface area contributed by atoms with Gasteiger partial charge in [0, 0.05) is 25.3 Å². The minimum Gasteiger partial charge on any atom is -0.385 e. The number of aromatic nitrogens is 3. The summed E-state index contributed by atoms with van der Waals surface area (Å²) in [6.07, 6.45) is 4.53. The Morgan fingerprint density at radius 3 is 2.96 bits per heavy atom. The molecule has 2 amide bonds. The molecule has 0 radical (unpaired) electrons. The minimum absolute atomic E-state index is 0.0677. The van der Waals surface area contributed by atoms with Crippen molar-refractivity contribution in [2.24, 2.45) is 0 Å². The molecule has 7 heteroatoms. The number of nitrogens with one attached hydrogen (secondary N) is 3. The Morgan fingerprint density at radius 1 is 1.33 bits per heavy atom. The summed E-state index contributed by atoms with van der Waals surface area (Å²) in [6.45, 7) is 4.47. The van der Waals surface area contributed by atoms with Crippen molar-refractivity contribution in [2.45, 2.75) is 45.3 Å². The highest BCUT2D eigenvalue weighted by molar-refractivity contribution is 5.74. The van der Waals surface area contributed by atoms with Crippen LogP contribution in [0, 0.1) is 0 Å². The molecular formula is C17H24N6O. The molecule has 128 valence electrons. The minimum atomic E-state index is -0.176. The first-order chi connectivity index (χ1) is 11.8. The van der Waals surface area contributed by atoms with Crippen molar-refractivity contribution in [2.75, 3.05) is 11.9 Å². The number of carbonyl (C=O) groups is 1. The van der Waals surface area contributed by atoms with E-state index in [0.717, 1.165) is 49.4 Å². The van der Waals surface area contributed by atoms with E-state index in [0.29, 0.717) is 6.54 Å². The number of rotatable bonds is 6. The molecule has 1 aliphatic rings. The molecule has 1 atom stereocenters. The topological polar surface area (TPSA) is 83.9 Å². The number of benzene rings is 1. The van der Waals surface area contributed by atoms with Crippen molar-refractivity contribution >= 4 is 11.7 Å². The number of fused-ring (bicyclic) bond motifs is 1. The van der Waals surface area contributed by atoms with Gasteiger partial charge in [0.2, 0.25) is 0 Å². The largest absolute Gasteiger partial charge is 0.385 e. The van der Waals surface area contributed by atoms with Gasteiger partial charge in [-0.05, 0) is 37.0 Å². The van der Waals surface area contributed by atoms with Gasteiger partial charge in [0.05, 0.1) is 6.04 Å². The standard InChI is InChI=1S/C17H24N6O/c1-2-9-18-14-7-5-13(6-8-14)11-19-17(24)22-15-4-3-10-23-16(15)20-12-21-23/h5-8,12,15,18H,2-4,9-11H2,1H3,(H2,19,22,24)/t15-/m0/s1. The zero-order valence-corrected chi connectivity index (χ0v) is 14.0. The van der Waals surface area contributed by atoms with Crippen LogP contribution in [0.4, 0.5) is 10.5 Å². The third kappa shape index (κ3) is 4.04. The van der Waals surface area contributed by atoms with Gasteiger partial charge in [0.25, 0.3) is 0 Å². The van der Waals surface area contributed by atoms with E-state index >= 15 is 0 Å². The highest BCUT2D eigenvalue weighted by Gasteiger charge is 2.23. The van der Waals surface area contributed by atoms with Crippen LogP contribution in [0.15, 0.2) is 30.6 Å². The van der Waals surface area contributed by atoms with E-state index in [1.54, 1.807) is 6.33 Å². The third-order valence-corrected chi connectivity index (χ3v) is 4.11. The lowest BCUT2D eigenvalue weighted by atomic mass is 10.1. The first-order valence-electron chi connectivity index (χ1n) is 8.51. The van der Waals surface area contributed by atoms with E-state index in [1.165, 1.54) is 0 Å². The van der Waals surface area contributed by atoms with E-state index < -0.39 is 0 Å².